The Morgan fingerprint density at radius 3 is 3.25 bits per heavy atom. The van der Waals surface area contributed by atoms with Gasteiger partial charge in [0.1, 0.15) is 11.1 Å². The molecule has 5 heteroatoms. The molecule has 1 aliphatic rings. The Balaban J connectivity index is 2.44. The first-order valence-corrected chi connectivity index (χ1v) is 4.16. The molecule has 0 bridgehead atoms. The molecule has 0 radical (unpaired) electrons. The average Bonchev–Trinajstić information content (AvgIpc) is 2.03. The number of nitrogens with zero attached hydrogens (tertiary/aromatic N) is 1. The van der Waals surface area contributed by atoms with Gasteiger partial charge in [-0.25, -0.2) is 9.78 Å². The molecule has 1 aromatic rings. The van der Waals surface area contributed by atoms with Crippen molar-refractivity contribution < 1.29 is 9.53 Å². The number of nitrogens with one attached hydrogen (secondary N) is 1. The number of carbonyl (C=O) groups excluding carboxylic acids is 1. The van der Waals surface area contributed by atoms with Crippen LogP contribution in [0.15, 0.2) is 16.7 Å². The van der Waals surface area contributed by atoms with Crippen molar-refractivity contribution in [3.05, 3.63) is 16.7 Å². The summed E-state index contributed by atoms with van der Waals surface area (Å²) in [5.74, 6) is 0.0220. The fourth-order valence-electron chi connectivity index (χ4n) is 0.942. The second-order valence-electron chi connectivity index (χ2n) is 2.31. The highest BCUT2D eigenvalue weighted by Gasteiger charge is 2.17. The van der Waals surface area contributed by atoms with E-state index in [1.807, 2.05) is 0 Å². The fraction of sp³-hybridized carbons (Fsp3) is 0.143. The molecule has 1 N–H and O–H groups in total. The van der Waals surface area contributed by atoms with Gasteiger partial charge in [-0.2, -0.15) is 0 Å². The molecule has 0 amide bonds. The summed E-state index contributed by atoms with van der Waals surface area (Å²) in [5, 5.41) is 2.88. The molecule has 0 fully saturated rings. The number of ether oxygens (including phenoxy) is 1. The van der Waals surface area contributed by atoms with E-state index in [-0.39, 0.29) is 12.5 Å². The monoisotopic (exact) mass is 228 g/mol. The summed E-state index contributed by atoms with van der Waals surface area (Å²) in [4.78, 5) is 14.8. The average molecular weight is 229 g/mol. The first-order valence-electron chi connectivity index (χ1n) is 3.37. The van der Waals surface area contributed by atoms with Crippen LogP contribution in [0.25, 0.3) is 0 Å². The lowest BCUT2D eigenvalue weighted by atomic mass is 10.3. The van der Waals surface area contributed by atoms with Crippen molar-refractivity contribution >= 4 is 27.6 Å². The summed E-state index contributed by atoms with van der Waals surface area (Å²) in [6.07, 6.45) is 0. The van der Waals surface area contributed by atoms with Crippen LogP contribution in [0, 0.1) is 0 Å². The third kappa shape index (κ3) is 1.27. The van der Waals surface area contributed by atoms with Gasteiger partial charge in [0.25, 0.3) is 0 Å². The van der Waals surface area contributed by atoms with Gasteiger partial charge in [0.05, 0.1) is 5.69 Å². The summed E-state index contributed by atoms with van der Waals surface area (Å²) in [5.41, 5.74) is 0.748. The van der Waals surface area contributed by atoms with Gasteiger partial charge in [-0.1, -0.05) is 0 Å². The third-order valence-corrected chi connectivity index (χ3v) is 1.90. The highest BCUT2D eigenvalue weighted by Crippen LogP contribution is 2.26. The van der Waals surface area contributed by atoms with E-state index >= 15 is 0 Å². The van der Waals surface area contributed by atoms with Crippen molar-refractivity contribution in [1.29, 1.82) is 0 Å². The van der Waals surface area contributed by atoms with E-state index in [4.69, 9.17) is 4.74 Å². The summed E-state index contributed by atoms with van der Waals surface area (Å²) in [7, 11) is 0. The Hall–Kier alpha value is -1.10. The summed E-state index contributed by atoms with van der Waals surface area (Å²) < 4.78 is 5.52. The first-order chi connectivity index (χ1) is 5.75. The van der Waals surface area contributed by atoms with Gasteiger partial charge in [0.15, 0.2) is 0 Å². The van der Waals surface area contributed by atoms with Gasteiger partial charge in [0.2, 0.25) is 5.88 Å². The standard InChI is InChI=1S/C7H5BrN2O2/c8-5-2-1-4-7(10-5)12-6(11)3-9-4/h1-2,9H,3H2. The molecule has 0 aliphatic carbocycles. The first kappa shape index (κ1) is 7.54. The normalized spacial score (nSPS) is 14.6. The van der Waals surface area contributed by atoms with E-state index in [0.717, 1.165) is 5.69 Å². The van der Waals surface area contributed by atoms with Crippen LogP contribution in [-0.4, -0.2) is 17.5 Å². The van der Waals surface area contributed by atoms with E-state index in [9.17, 15) is 4.79 Å². The zero-order valence-electron chi connectivity index (χ0n) is 6.00. The predicted molar refractivity (Wildman–Crippen MR) is 46.1 cm³/mol. The molecule has 0 unspecified atom stereocenters. The van der Waals surface area contributed by atoms with Gasteiger partial charge in [-0.05, 0) is 28.1 Å². The van der Waals surface area contributed by atoms with Crippen molar-refractivity contribution in [1.82, 2.24) is 4.98 Å². The maximum Gasteiger partial charge on any atom is 0.332 e. The molecule has 0 spiro atoms. The van der Waals surface area contributed by atoms with Crippen LogP contribution in [0.2, 0.25) is 0 Å². The molecule has 2 rings (SSSR count). The number of rotatable bonds is 0. The van der Waals surface area contributed by atoms with Gasteiger partial charge < -0.3 is 10.1 Å². The quantitative estimate of drug-likeness (QED) is 0.536. The number of anilines is 1. The second-order valence-corrected chi connectivity index (χ2v) is 3.13. The Labute approximate surface area is 77.1 Å². The Morgan fingerprint density at radius 2 is 2.42 bits per heavy atom. The molecule has 0 aromatic carbocycles. The highest BCUT2D eigenvalue weighted by atomic mass is 79.9. The Morgan fingerprint density at radius 1 is 1.58 bits per heavy atom. The molecular formula is C7H5BrN2O2. The van der Waals surface area contributed by atoms with Crippen molar-refractivity contribution in [3.8, 4) is 5.88 Å². The lowest BCUT2D eigenvalue weighted by Crippen LogP contribution is -2.25. The summed E-state index contributed by atoms with van der Waals surface area (Å²) in [6, 6.07) is 3.59. The third-order valence-electron chi connectivity index (χ3n) is 1.46. The van der Waals surface area contributed by atoms with Gasteiger partial charge >= 0.3 is 5.97 Å². The van der Waals surface area contributed by atoms with Gasteiger partial charge in [-0.15, -0.1) is 0 Å². The van der Waals surface area contributed by atoms with Crippen molar-refractivity contribution in [2.75, 3.05) is 11.9 Å². The SMILES string of the molecule is O=C1CNc2ccc(Br)nc2O1. The number of esters is 1. The molecule has 4 nitrogen and oxygen atoms in total. The Bertz CT molecular complexity index is 340. The molecule has 0 atom stereocenters. The maximum atomic E-state index is 10.8. The molecule has 2 heterocycles. The van der Waals surface area contributed by atoms with E-state index in [1.54, 1.807) is 12.1 Å². The number of hydrogen-bond donors (Lipinski definition) is 1. The smallest absolute Gasteiger partial charge is 0.332 e. The molecule has 0 saturated carbocycles. The van der Waals surface area contributed by atoms with Crippen LogP contribution in [0.1, 0.15) is 0 Å². The number of halogens is 1. The maximum absolute atomic E-state index is 10.8. The van der Waals surface area contributed by atoms with Crippen LogP contribution >= 0.6 is 15.9 Å². The minimum absolute atomic E-state index is 0.205. The minimum atomic E-state index is -0.312. The van der Waals surface area contributed by atoms with Gasteiger partial charge in [0, 0.05) is 0 Å². The Kier molecular flexibility index (Phi) is 1.73. The van der Waals surface area contributed by atoms with E-state index in [0.29, 0.717) is 10.5 Å². The summed E-state index contributed by atoms with van der Waals surface area (Å²) in [6.45, 7) is 0.205. The van der Waals surface area contributed by atoms with E-state index < -0.39 is 0 Å². The fourth-order valence-corrected chi connectivity index (χ4v) is 1.23. The zero-order chi connectivity index (χ0) is 8.55. The number of carbonyl (C=O) groups is 1. The second kappa shape index (κ2) is 2.75. The number of pyridine rings is 1. The molecule has 0 saturated heterocycles. The molecule has 12 heavy (non-hydrogen) atoms. The van der Waals surface area contributed by atoms with Crippen LogP contribution in [0.4, 0.5) is 5.69 Å². The molecular weight excluding hydrogens is 224 g/mol. The lowest BCUT2D eigenvalue weighted by molar-refractivity contribution is -0.133. The van der Waals surface area contributed by atoms with Crippen LogP contribution in [0.5, 0.6) is 5.88 Å². The minimum Gasteiger partial charge on any atom is -0.404 e. The van der Waals surface area contributed by atoms with Gasteiger partial charge in [-0.3, -0.25) is 0 Å². The van der Waals surface area contributed by atoms with E-state index in [2.05, 4.69) is 26.2 Å². The lowest BCUT2D eigenvalue weighted by Gasteiger charge is -2.15. The summed E-state index contributed by atoms with van der Waals surface area (Å²) >= 11 is 3.18. The molecule has 1 aliphatic heterocycles. The van der Waals surface area contributed by atoms with Crippen molar-refractivity contribution in [2.24, 2.45) is 0 Å². The van der Waals surface area contributed by atoms with Crippen molar-refractivity contribution in [2.45, 2.75) is 0 Å². The highest BCUT2D eigenvalue weighted by molar-refractivity contribution is 9.10. The molecule has 1 aromatic heterocycles. The largest absolute Gasteiger partial charge is 0.404 e. The molecule has 62 valence electrons. The zero-order valence-corrected chi connectivity index (χ0v) is 7.59. The number of hydrogen-bond acceptors (Lipinski definition) is 4. The number of fused-ring (bicyclic) bond motifs is 1. The van der Waals surface area contributed by atoms with Crippen molar-refractivity contribution in [3.63, 3.8) is 0 Å². The topological polar surface area (TPSA) is 51.2 Å². The van der Waals surface area contributed by atoms with Crippen LogP contribution in [0.3, 0.4) is 0 Å². The van der Waals surface area contributed by atoms with E-state index in [1.165, 1.54) is 0 Å². The predicted octanol–water partition coefficient (Wildman–Crippen LogP) is 1.18. The van der Waals surface area contributed by atoms with Crippen LogP contribution in [-0.2, 0) is 4.79 Å². The number of aromatic nitrogens is 1. The van der Waals surface area contributed by atoms with Crippen LogP contribution < -0.4 is 10.1 Å².